The Hall–Kier alpha value is -1.36. The number of hydrogen-bond acceptors (Lipinski definition) is 3. The van der Waals surface area contributed by atoms with Crippen LogP contribution in [-0.2, 0) is 11.3 Å². The summed E-state index contributed by atoms with van der Waals surface area (Å²) in [6, 6.07) is 0. The van der Waals surface area contributed by atoms with E-state index in [-0.39, 0.29) is 11.8 Å². The smallest absolute Gasteiger partial charge is 0.223 e. The maximum absolute atomic E-state index is 12.2. The van der Waals surface area contributed by atoms with Gasteiger partial charge in [-0.2, -0.15) is 0 Å². The van der Waals surface area contributed by atoms with Crippen LogP contribution in [0.5, 0.6) is 0 Å². The van der Waals surface area contributed by atoms with Crippen LogP contribution in [0.4, 0.5) is 0 Å². The summed E-state index contributed by atoms with van der Waals surface area (Å²) in [7, 11) is 0. The van der Waals surface area contributed by atoms with E-state index in [2.05, 4.69) is 14.9 Å². The van der Waals surface area contributed by atoms with Crippen LogP contribution in [0.15, 0.2) is 18.7 Å². The Morgan fingerprint density at radius 3 is 2.95 bits per heavy atom. The Morgan fingerprint density at radius 2 is 2.20 bits per heavy atom. The number of unbranched alkanes of at least 4 members (excludes halogenated alkanes) is 1. The van der Waals surface area contributed by atoms with Crippen molar-refractivity contribution in [3.63, 3.8) is 0 Å². The number of carbonyl (C=O) groups excluding carboxylic acids is 1. The lowest BCUT2D eigenvalue weighted by molar-refractivity contribution is -0.127. The van der Waals surface area contributed by atoms with Gasteiger partial charge in [-0.05, 0) is 38.1 Å². The summed E-state index contributed by atoms with van der Waals surface area (Å²) in [6.45, 7) is 2.37. The zero-order valence-electron chi connectivity index (χ0n) is 12.1. The summed E-state index contributed by atoms with van der Waals surface area (Å²) in [5, 5.41) is 3.08. The lowest BCUT2D eigenvalue weighted by Crippen LogP contribution is -2.39. The Morgan fingerprint density at radius 1 is 1.35 bits per heavy atom. The van der Waals surface area contributed by atoms with Gasteiger partial charge in [-0.3, -0.25) is 4.79 Å². The highest BCUT2D eigenvalue weighted by atomic mass is 16.1. The molecule has 112 valence electrons. The molecule has 0 bridgehead atoms. The van der Waals surface area contributed by atoms with E-state index in [1.807, 2.05) is 12.5 Å². The Bertz CT molecular complexity index is 391. The van der Waals surface area contributed by atoms with Crippen LogP contribution in [-0.4, -0.2) is 28.5 Å². The number of nitrogens with two attached hydrogens (primary N) is 1. The molecule has 0 spiro atoms. The second-order valence-corrected chi connectivity index (χ2v) is 5.69. The van der Waals surface area contributed by atoms with E-state index < -0.39 is 0 Å². The molecule has 20 heavy (non-hydrogen) atoms. The summed E-state index contributed by atoms with van der Waals surface area (Å²) >= 11 is 0. The number of imidazole rings is 1. The largest absolute Gasteiger partial charge is 0.356 e. The average Bonchev–Trinajstić information content (AvgIpc) is 3.00. The van der Waals surface area contributed by atoms with Crippen molar-refractivity contribution in [2.24, 2.45) is 17.6 Å². The molecule has 1 aliphatic carbocycles. The minimum absolute atomic E-state index is 0.141. The van der Waals surface area contributed by atoms with Crippen molar-refractivity contribution < 1.29 is 4.79 Å². The topological polar surface area (TPSA) is 72.9 Å². The van der Waals surface area contributed by atoms with Crippen LogP contribution in [0.2, 0.25) is 0 Å². The molecule has 3 N–H and O–H groups in total. The third-order valence-electron chi connectivity index (χ3n) is 4.25. The third-order valence-corrected chi connectivity index (χ3v) is 4.25. The first-order valence-corrected chi connectivity index (χ1v) is 7.75. The lowest BCUT2D eigenvalue weighted by Gasteiger charge is -2.29. The monoisotopic (exact) mass is 278 g/mol. The molecule has 1 aliphatic rings. The molecule has 2 unspecified atom stereocenters. The molecule has 2 rings (SSSR count). The summed E-state index contributed by atoms with van der Waals surface area (Å²) < 4.78 is 2.06. The summed E-state index contributed by atoms with van der Waals surface area (Å²) in [5.41, 5.74) is 5.77. The highest BCUT2D eigenvalue weighted by molar-refractivity contribution is 5.79. The second kappa shape index (κ2) is 8.04. The molecule has 5 heteroatoms. The summed E-state index contributed by atoms with van der Waals surface area (Å²) in [6.07, 6.45) is 12.1. The SMILES string of the molecule is NCC1CCCCC1C(=O)NCCCCn1ccnc1. The standard InChI is InChI=1S/C15H26N4O/c16-11-13-5-1-2-6-14(13)15(20)18-7-3-4-9-19-10-8-17-12-19/h8,10,12-14H,1-7,9,11,16H2,(H,18,20). The molecule has 1 amide bonds. The van der Waals surface area contributed by atoms with Gasteiger partial charge in [-0.25, -0.2) is 4.98 Å². The van der Waals surface area contributed by atoms with Crippen molar-refractivity contribution in [3.8, 4) is 0 Å². The fourth-order valence-electron chi connectivity index (χ4n) is 3.02. The van der Waals surface area contributed by atoms with Gasteiger partial charge in [0.1, 0.15) is 0 Å². The highest BCUT2D eigenvalue weighted by Gasteiger charge is 2.29. The van der Waals surface area contributed by atoms with E-state index in [0.29, 0.717) is 12.5 Å². The molecule has 0 aliphatic heterocycles. The van der Waals surface area contributed by atoms with Crippen molar-refractivity contribution in [2.75, 3.05) is 13.1 Å². The number of nitrogens with one attached hydrogen (secondary N) is 1. The fraction of sp³-hybridized carbons (Fsp3) is 0.733. The van der Waals surface area contributed by atoms with Crippen molar-refractivity contribution in [2.45, 2.75) is 45.1 Å². The van der Waals surface area contributed by atoms with Crippen LogP contribution < -0.4 is 11.1 Å². The number of amides is 1. The van der Waals surface area contributed by atoms with Crippen molar-refractivity contribution in [3.05, 3.63) is 18.7 Å². The maximum atomic E-state index is 12.2. The van der Waals surface area contributed by atoms with Crippen LogP contribution in [0.1, 0.15) is 38.5 Å². The Balaban J connectivity index is 1.61. The number of nitrogens with zero attached hydrogens (tertiary/aromatic N) is 2. The fourth-order valence-corrected chi connectivity index (χ4v) is 3.02. The molecule has 1 aromatic rings. The molecular formula is C15H26N4O. The predicted octanol–water partition coefficient (Wildman–Crippen LogP) is 1.54. The maximum Gasteiger partial charge on any atom is 0.223 e. The lowest BCUT2D eigenvalue weighted by atomic mass is 9.79. The molecule has 2 atom stereocenters. The van der Waals surface area contributed by atoms with Gasteiger partial charge in [0.15, 0.2) is 0 Å². The van der Waals surface area contributed by atoms with Crippen LogP contribution >= 0.6 is 0 Å². The Labute approximate surface area is 120 Å². The minimum Gasteiger partial charge on any atom is -0.356 e. The van der Waals surface area contributed by atoms with Gasteiger partial charge in [0, 0.05) is 31.4 Å². The normalized spacial score (nSPS) is 22.6. The van der Waals surface area contributed by atoms with Gasteiger partial charge in [0.05, 0.1) is 6.33 Å². The van der Waals surface area contributed by atoms with E-state index in [9.17, 15) is 4.79 Å². The molecule has 0 aromatic carbocycles. The van der Waals surface area contributed by atoms with E-state index in [4.69, 9.17) is 5.73 Å². The average molecular weight is 278 g/mol. The molecule has 0 radical (unpaired) electrons. The second-order valence-electron chi connectivity index (χ2n) is 5.69. The van der Waals surface area contributed by atoms with E-state index >= 15 is 0 Å². The first-order valence-electron chi connectivity index (χ1n) is 7.75. The van der Waals surface area contributed by atoms with E-state index in [1.54, 1.807) is 6.20 Å². The molecule has 1 saturated carbocycles. The minimum atomic E-state index is 0.141. The van der Waals surface area contributed by atoms with Crippen molar-refractivity contribution >= 4 is 5.91 Å². The van der Waals surface area contributed by atoms with Gasteiger partial charge in [0.2, 0.25) is 5.91 Å². The van der Waals surface area contributed by atoms with E-state index in [0.717, 1.165) is 45.2 Å². The molecule has 1 fully saturated rings. The Kier molecular flexibility index (Phi) is 6.05. The predicted molar refractivity (Wildman–Crippen MR) is 79.0 cm³/mol. The first-order chi connectivity index (χ1) is 9.81. The molecule has 5 nitrogen and oxygen atoms in total. The first kappa shape index (κ1) is 15.0. The zero-order chi connectivity index (χ0) is 14.2. The molecule has 1 aromatic heterocycles. The summed E-state index contributed by atoms with van der Waals surface area (Å²) in [5.74, 6) is 0.736. The number of carbonyl (C=O) groups is 1. The number of aromatic nitrogens is 2. The summed E-state index contributed by atoms with van der Waals surface area (Å²) in [4.78, 5) is 16.2. The molecule has 1 heterocycles. The quantitative estimate of drug-likeness (QED) is 0.743. The van der Waals surface area contributed by atoms with Crippen molar-refractivity contribution in [1.29, 1.82) is 0 Å². The van der Waals surface area contributed by atoms with Crippen LogP contribution in [0, 0.1) is 11.8 Å². The third kappa shape index (κ3) is 4.34. The van der Waals surface area contributed by atoms with Crippen molar-refractivity contribution in [1.82, 2.24) is 14.9 Å². The van der Waals surface area contributed by atoms with Gasteiger partial charge < -0.3 is 15.6 Å². The van der Waals surface area contributed by atoms with Crippen LogP contribution in [0.3, 0.4) is 0 Å². The molecule has 0 saturated heterocycles. The highest BCUT2D eigenvalue weighted by Crippen LogP contribution is 2.29. The van der Waals surface area contributed by atoms with Crippen LogP contribution in [0.25, 0.3) is 0 Å². The van der Waals surface area contributed by atoms with Gasteiger partial charge in [-0.1, -0.05) is 12.8 Å². The van der Waals surface area contributed by atoms with Gasteiger partial charge in [0.25, 0.3) is 0 Å². The van der Waals surface area contributed by atoms with Gasteiger partial charge >= 0.3 is 0 Å². The van der Waals surface area contributed by atoms with Gasteiger partial charge in [-0.15, -0.1) is 0 Å². The number of aryl methyl sites for hydroxylation is 1. The molecular weight excluding hydrogens is 252 g/mol. The zero-order valence-corrected chi connectivity index (χ0v) is 12.1. The van der Waals surface area contributed by atoms with E-state index in [1.165, 1.54) is 6.42 Å². The number of rotatable bonds is 7. The number of hydrogen-bond donors (Lipinski definition) is 2.